The number of nitrogens with zero attached hydrogens (tertiary/aromatic N) is 2. The molecule has 1 saturated heterocycles. The lowest BCUT2D eigenvalue weighted by atomic mass is 9.94. The quantitative estimate of drug-likeness (QED) is 0.444. The van der Waals surface area contributed by atoms with Gasteiger partial charge in [0.1, 0.15) is 5.82 Å². The number of carbonyl (C=O) groups excluding carboxylic acids is 1. The summed E-state index contributed by atoms with van der Waals surface area (Å²) in [6.07, 6.45) is -1.01. The van der Waals surface area contributed by atoms with Crippen molar-refractivity contribution < 1.29 is 32.5 Å². The number of halogens is 4. The van der Waals surface area contributed by atoms with E-state index in [9.17, 15) is 23.1 Å². The van der Waals surface area contributed by atoms with Crippen LogP contribution in [-0.4, -0.2) is 46.4 Å². The molecule has 1 amide bonds. The highest BCUT2D eigenvalue weighted by atomic mass is 35.5. The zero-order valence-corrected chi connectivity index (χ0v) is 20.8. The summed E-state index contributed by atoms with van der Waals surface area (Å²) in [4.78, 5) is 20.3. The monoisotopic (exact) mass is 551 g/mol. The molecule has 3 aromatic rings. The van der Waals surface area contributed by atoms with Crippen molar-refractivity contribution in [2.24, 2.45) is 0 Å². The van der Waals surface area contributed by atoms with E-state index >= 15 is 0 Å². The van der Waals surface area contributed by atoms with Crippen LogP contribution in [0.15, 0.2) is 42.6 Å². The highest BCUT2D eigenvalue weighted by Gasteiger charge is 2.53. The summed E-state index contributed by atoms with van der Waals surface area (Å²) in [6, 6.07) is 8.33. The van der Waals surface area contributed by atoms with E-state index in [1.165, 1.54) is 29.5 Å². The maximum absolute atomic E-state index is 14.9. The molecule has 2 aliphatic heterocycles. The van der Waals surface area contributed by atoms with Crippen molar-refractivity contribution in [3.05, 3.63) is 69.4 Å². The van der Waals surface area contributed by atoms with Crippen molar-refractivity contribution in [2.45, 2.75) is 43.1 Å². The van der Waals surface area contributed by atoms with Gasteiger partial charge in [-0.15, -0.1) is 8.78 Å². The largest absolute Gasteiger partial charge is 0.586 e. The average molecular weight is 552 g/mol. The highest BCUT2D eigenvalue weighted by molar-refractivity contribution is 7.15. The minimum absolute atomic E-state index is 0.0815. The number of anilines is 1. The summed E-state index contributed by atoms with van der Waals surface area (Å²) in [5.41, 5.74) is 0.0629. The van der Waals surface area contributed by atoms with E-state index < -0.39 is 29.7 Å². The Labute approximate surface area is 218 Å². The van der Waals surface area contributed by atoms with Gasteiger partial charge in [-0.05, 0) is 49.1 Å². The van der Waals surface area contributed by atoms with Crippen LogP contribution in [0.3, 0.4) is 0 Å². The lowest BCUT2D eigenvalue weighted by Gasteiger charge is -2.27. The maximum atomic E-state index is 14.9. The lowest BCUT2D eigenvalue weighted by molar-refractivity contribution is -0.286. The zero-order chi connectivity index (χ0) is 25.9. The van der Waals surface area contributed by atoms with Crippen LogP contribution in [0.4, 0.5) is 18.3 Å². The number of hydrogen-bond acceptors (Lipinski definition) is 7. The zero-order valence-electron chi connectivity index (χ0n) is 19.2. The van der Waals surface area contributed by atoms with Crippen LogP contribution in [0.2, 0.25) is 5.02 Å². The number of benzene rings is 2. The fourth-order valence-electron chi connectivity index (χ4n) is 4.96. The van der Waals surface area contributed by atoms with Crippen molar-refractivity contribution in [2.75, 3.05) is 18.4 Å². The van der Waals surface area contributed by atoms with Crippen LogP contribution < -0.4 is 14.8 Å². The molecule has 2 N–H and O–H groups in total. The number of amides is 1. The molecule has 0 radical (unpaired) electrons. The normalized spacial score (nSPS) is 22.1. The van der Waals surface area contributed by atoms with Crippen LogP contribution in [0.1, 0.15) is 41.3 Å². The second-order valence-corrected chi connectivity index (χ2v) is 10.9. The number of aliphatic hydroxyl groups is 1. The molecule has 2 aromatic carbocycles. The van der Waals surface area contributed by atoms with E-state index in [1.54, 1.807) is 24.4 Å². The SMILES string of the molecule is O=C(Nc1ncc(C(c2ccc(Cl)cc2F)N2CC[C@@H](O)C2)s1)C1(c2ccc3c(c2)OC(F)(F)O3)CC1. The molecule has 3 aliphatic rings. The first-order chi connectivity index (χ1) is 17.6. The Balaban J connectivity index is 1.24. The van der Waals surface area contributed by atoms with E-state index in [-0.39, 0.29) is 22.4 Å². The molecule has 12 heteroatoms. The maximum Gasteiger partial charge on any atom is 0.586 e. The van der Waals surface area contributed by atoms with Crippen molar-refractivity contribution in [1.82, 2.24) is 9.88 Å². The third-order valence-electron chi connectivity index (χ3n) is 6.97. The van der Waals surface area contributed by atoms with Gasteiger partial charge in [-0.2, -0.15) is 0 Å². The number of β-amino-alcohol motifs (C(OH)–C–C–N with tert-alkyl or cyclic N) is 1. The van der Waals surface area contributed by atoms with Crippen LogP contribution in [-0.2, 0) is 10.2 Å². The number of aliphatic hydroxyl groups excluding tert-OH is 1. The number of carbonyl (C=O) groups is 1. The molecule has 1 aliphatic carbocycles. The van der Waals surface area contributed by atoms with Crippen LogP contribution in [0.25, 0.3) is 0 Å². The molecule has 2 atom stereocenters. The summed E-state index contributed by atoms with van der Waals surface area (Å²) >= 11 is 7.17. The summed E-state index contributed by atoms with van der Waals surface area (Å²) in [7, 11) is 0. The van der Waals surface area contributed by atoms with Gasteiger partial charge < -0.3 is 19.9 Å². The van der Waals surface area contributed by atoms with E-state index in [2.05, 4.69) is 19.8 Å². The fraction of sp³-hybridized carbons (Fsp3) is 0.360. The molecular weight excluding hydrogens is 531 g/mol. The predicted molar refractivity (Wildman–Crippen MR) is 130 cm³/mol. The van der Waals surface area contributed by atoms with Crippen LogP contribution >= 0.6 is 22.9 Å². The Morgan fingerprint density at radius 2 is 2.00 bits per heavy atom. The summed E-state index contributed by atoms with van der Waals surface area (Å²) < 4.78 is 50.7. The highest BCUT2D eigenvalue weighted by Crippen LogP contribution is 2.52. The average Bonchev–Trinajstić information content (AvgIpc) is 3.16. The predicted octanol–water partition coefficient (Wildman–Crippen LogP) is 5.08. The molecule has 2 fully saturated rings. The smallest absolute Gasteiger partial charge is 0.395 e. The molecule has 0 spiro atoms. The third-order valence-corrected chi connectivity index (χ3v) is 8.17. The number of alkyl halides is 2. The summed E-state index contributed by atoms with van der Waals surface area (Å²) in [5.74, 6) is -0.978. The van der Waals surface area contributed by atoms with Gasteiger partial charge in [0.25, 0.3) is 0 Å². The van der Waals surface area contributed by atoms with Gasteiger partial charge in [-0.25, -0.2) is 9.37 Å². The van der Waals surface area contributed by atoms with Crippen molar-refractivity contribution in [3.63, 3.8) is 0 Å². The molecule has 1 unspecified atom stereocenters. The number of likely N-dealkylation sites (tertiary alicyclic amines) is 1. The Hall–Kier alpha value is -2.86. The number of nitrogens with one attached hydrogen (secondary N) is 1. The van der Waals surface area contributed by atoms with Gasteiger partial charge in [-0.1, -0.05) is 35.1 Å². The molecule has 0 bridgehead atoms. The molecule has 194 valence electrons. The number of fused-ring (bicyclic) bond motifs is 1. The van der Waals surface area contributed by atoms with E-state index in [0.717, 1.165) is 0 Å². The van der Waals surface area contributed by atoms with Crippen molar-refractivity contribution in [3.8, 4) is 11.5 Å². The third kappa shape index (κ3) is 4.54. The van der Waals surface area contributed by atoms with E-state index in [4.69, 9.17) is 11.6 Å². The second kappa shape index (κ2) is 8.87. The minimum Gasteiger partial charge on any atom is -0.395 e. The van der Waals surface area contributed by atoms with Gasteiger partial charge >= 0.3 is 6.29 Å². The standard InChI is InChI=1S/C25H21ClF3N3O4S/c26-14-2-3-16(17(27)10-14)21(32-8-5-15(33)12-32)20-11-30-23(37-20)31-22(34)24(6-7-24)13-1-4-18-19(9-13)36-25(28,29)35-18/h1-4,9-11,15,21,33H,5-8,12H2,(H,30,31,34)/t15-,21?/m1/s1. The van der Waals surface area contributed by atoms with Crippen molar-refractivity contribution >= 4 is 34.0 Å². The van der Waals surface area contributed by atoms with Crippen LogP contribution in [0, 0.1) is 5.82 Å². The number of hydrogen-bond donors (Lipinski definition) is 2. The minimum atomic E-state index is -3.73. The molecule has 37 heavy (non-hydrogen) atoms. The first-order valence-corrected chi connectivity index (χ1v) is 12.9. The molecule has 3 heterocycles. The van der Waals surface area contributed by atoms with Gasteiger partial charge in [0.15, 0.2) is 16.6 Å². The number of ether oxygens (including phenoxy) is 2. The Kier molecular flexibility index (Phi) is 5.86. The fourth-order valence-corrected chi connectivity index (χ4v) is 6.09. The number of aromatic nitrogens is 1. The van der Waals surface area contributed by atoms with E-state index in [1.807, 2.05) is 4.90 Å². The Bertz CT molecular complexity index is 1380. The summed E-state index contributed by atoms with van der Waals surface area (Å²) in [6.45, 7) is 0.943. The lowest BCUT2D eigenvalue weighted by Crippen LogP contribution is -2.28. The molecule has 1 saturated carbocycles. The Morgan fingerprint density at radius 3 is 2.70 bits per heavy atom. The molecular formula is C25H21ClF3N3O4S. The topological polar surface area (TPSA) is 83.9 Å². The number of thiazole rings is 1. The molecule has 6 rings (SSSR count). The van der Waals surface area contributed by atoms with E-state index in [0.29, 0.717) is 53.5 Å². The van der Waals surface area contributed by atoms with Gasteiger partial charge in [-0.3, -0.25) is 9.69 Å². The van der Waals surface area contributed by atoms with Crippen molar-refractivity contribution in [1.29, 1.82) is 0 Å². The van der Waals surface area contributed by atoms with Crippen LogP contribution in [0.5, 0.6) is 11.5 Å². The molecule has 7 nitrogen and oxygen atoms in total. The van der Waals surface area contributed by atoms with Gasteiger partial charge in [0.2, 0.25) is 5.91 Å². The first kappa shape index (κ1) is 24.5. The first-order valence-electron chi connectivity index (χ1n) is 11.7. The second-order valence-electron chi connectivity index (χ2n) is 9.44. The Morgan fingerprint density at radius 1 is 1.22 bits per heavy atom. The van der Waals surface area contributed by atoms with Gasteiger partial charge in [0.05, 0.1) is 17.6 Å². The molecule has 1 aromatic heterocycles. The summed E-state index contributed by atoms with van der Waals surface area (Å²) in [5, 5.41) is 13.5. The van der Waals surface area contributed by atoms with Gasteiger partial charge in [0, 0.05) is 34.7 Å². The number of rotatable bonds is 6.